The minimum Gasteiger partial charge on any atom is -0.494 e. The standard InChI is InChI=1S/C7H5Br2ClO/c1-11-7-5(10)3-2-4(8)6(7)9/h2-3H,1H3. The van der Waals surface area contributed by atoms with Gasteiger partial charge in [0, 0.05) is 4.47 Å². The smallest absolute Gasteiger partial charge is 0.152 e. The Hall–Kier alpha value is 0.270. The molecular formula is C7H5Br2ClO. The van der Waals surface area contributed by atoms with Crippen LogP contribution in [0.2, 0.25) is 5.02 Å². The zero-order chi connectivity index (χ0) is 8.43. The molecule has 0 N–H and O–H groups in total. The molecule has 0 spiro atoms. The molecular weight excluding hydrogens is 295 g/mol. The van der Waals surface area contributed by atoms with Gasteiger partial charge in [0.05, 0.1) is 16.6 Å². The summed E-state index contributed by atoms with van der Waals surface area (Å²) < 4.78 is 6.82. The van der Waals surface area contributed by atoms with Gasteiger partial charge in [-0.1, -0.05) is 11.6 Å². The number of rotatable bonds is 1. The highest BCUT2D eigenvalue weighted by Gasteiger charge is 2.07. The third-order valence-electron chi connectivity index (χ3n) is 1.21. The van der Waals surface area contributed by atoms with Crippen LogP contribution in [0.4, 0.5) is 0 Å². The minimum atomic E-state index is 0.600. The molecule has 0 aromatic heterocycles. The summed E-state index contributed by atoms with van der Waals surface area (Å²) >= 11 is 12.5. The van der Waals surface area contributed by atoms with E-state index in [1.807, 2.05) is 6.07 Å². The molecule has 0 unspecified atom stereocenters. The summed E-state index contributed by atoms with van der Waals surface area (Å²) in [6.45, 7) is 0. The first kappa shape index (κ1) is 9.36. The summed E-state index contributed by atoms with van der Waals surface area (Å²) in [6, 6.07) is 3.63. The Morgan fingerprint density at radius 3 is 2.45 bits per heavy atom. The van der Waals surface area contributed by atoms with Crippen LogP contribution in [0.3, 0.4) is 0 Å². The van der Waals surface area contributed by atoms with E-state index in [0.29, 0.717) is 10.8 Å². The maximum absolute atomic E-state index is 5.83. The van der Waals surface area contributed by atoms with Crippen molar-refractivity contribution in [3.8, 4) is 5.75 Å². The van der Waals surface area contributed by atoms with E-state index in [1.165, 1.54) is 0 Å². The van der Waals surface area contributed by atoms with E-state index in [-0.39, 0.29) is 0 Å². The highest BCUT2D eigenvalue weighted by molar-refractivity contribution is 9.13. The fraction of sp³-hybridized carbons (Fsp3) is 0.143. The Balaban J connectivity index is 3.29. The first-order chi connectivity index (χ1) is 5.16. The second kappa shape index (κ2) is 3.78. The van der Waals surface area contributed by atoms with Crippen LogP contribution in [0.5, 0.6) is 5.75 Å². The molecule has 0 bridgehead atoms. The molecule has 11 heavy (non-hydrogen) atoms. The largest absolute Gasteiger partial charge is 0.494 e. The van der Waals surface area contributed by atoms with E-state index in [2.05, 4.69) is 31.9 Å². The van der Waals surface area contributed by atoms with Crippen LogP contribution < -0.4 is 4.74 Å². The SMILES string of the molecule is COc1c(Cl)ccc(Br)c1Br. The molecule has 0 aliphatic heterocycles. The maximum Gasteiger partial charge on any atom is 0.152 e. The predicted octanol–water partition coefficient (Wildman–Crippen LogP) is 3.87. The Kier molecular flexibility index (Phi) is 3.22. The summed E-state index contributed by atoms with van der Waals surface area (Å²) in [4.78, 5) is 0. The summed E-state index contributed by atoms with van der Waals surface area (Å²) in [7, 11) is 1.58. The molecule has 4 heteroatoms. The van der Waals surface area contributed by atoms with Gasteiger partial charge in [0.2, 0.25) is 0 Å². The van der Waals surface area contributed by atoms with Crippen LogP contribution in [-0.4, -0.2) is 7.11 Å². The van der Waals surface area contributed by atoms with Crippen molar-refractivity contribution in [1.82, 2.24) is 0 Å². The van der Waals surface area contributed by atoms with Crippen molar-refractivity contribution in [2.24, 2.45) is 0 Å². The van der Waals surface area contributed by atoms with Gasteiger partial charge in [0.1, 0.15) is 0 Å². The molecule has 0 atom stereocenters. The van der Waals surface area contributed by atoms with Crippen LogP contribution in [-0.2, 0) is 0 Å². The van der Waals surface area contributed by atoms with E-state index in [9.17, 15) is 0 Å². The van der Waals surface area contributed by atoms with Crippen LogP contribution in [0.1, 0.15) is 0 Å². The van der Waals surface area contributed by atoms with E-state index in [4.69, 9.17) is 16.3 Å². The lowest BCUT2D eigenvalue weighted by Gasteiger charge is -2.05. The molecule has 1 nitrogen and oxygen atoms in total. The second-order valence-electron chi connectivity index (χ2n) is 1.88. The molecule has 0 saturated heterocycles. The molecule has 0 fully saturated rings. The summed E-state index contributed by atoms with van der Waals surface area (Å²) in [6.07, 6.45) is 0. The zero-order valence-corrected chi connectivity index (χ0v) is 9.62. The molecule has 0 aliphatic rings. The Morgan fingerprint density at radius 2 is 2.00 bits per heavy atom. The molecule has 1 aromatic carbocycles. The lowest BCUT2D eigenvalue weighted by molar-refractivity contribution is 0.412. The number of ether oxygens (including phenoxy) is 1. The highest BCUT2D eigenvalue weighted by atomic mass is 79.9. The fourth-order valence-corrected chi connectivity index (χ4v) is 1.86. The molecule has 0 amide bonds. The quantitative estimate of drug-likeness (QED) is 0.715. The Bertz CT molecular complexity index is 275. The van der Waals surface area contributed by atoms with Gasteiger partial charge in [-0.15, -0.1) is 0 Å². The highest BCUT2D eigenvalue weighted by Crippen LogP contribution is 2.37. The van der Waals surface area contributed by atoms with Crippen molar-refractivity contribution in [2.45, 2.75) is 0 Å². The van der Waals surface area contributed by atoms with Gasteiger partial charge in [-0.2, -0.15) is 0 Å². The van der Waals surface area contributed by atoms with Gasteiger partial charge in [-0.05, 0) is 44.0 Å². The molecule has 1 aromatic rings. The number of hydrogen-bond donors (Lipinski definition) is 0. The molecule has 0 radical (unpaired) electrons. The van der Waals surface area contributed by atoms with Crippen LogP contribution in [0.25, 0.3) is 0 Å². The van der Waals surface area contributed by atoms with Crippen LogP contribution in [0, 0.1) is 0 Å². The van der Waals surface area contributed by atoms with Gasteiger partial charge >= 0.3 is 0 Å². The van der Waals surface area contributed by atoms with Crippen molar-refractivity contribution < 1.29 is 4.74 Å². The van der Waals surface area contributed by atoms with Crippen molar-refractivity contribution >= 4 is 43.5 Å². The topological polar surface area (TPSA) is 9.23 Å². The van der Waals surface area contributed by atoms with Crippen LogP contribution in [0.15, 0.2) is 21.1 Å². The monoisotopic (exact) mass is 298 g/mol. The first-order valence-corrected chi connectivity index (χ1v) is 4.80. The predicted molar refractivity (Wildman–Crippen MR) is 53.4 cm³/mol. The van der Waals surface area contributed by atoms with Gasteiger partial charge in [-0.3, -0.25) is 0 Å². The third-order valence-corrected chi connectivity index (χ3v) is 3.48. The van der Waals surface area contributed by atoms with E-state index in [0.717, 1.165) is 8.95 Å². The van der Waals surface area contributed by atoms with Gasteiger partial charge in [-0.25, -0.2) is 0 Å². The normalized spacial score (nSPS) is 9.82. The molecule has 0 heterocycles. The maximum atomic E-state index is 5.83. The first-order valence-electron chi connectivity index (χ1n) is 2.84. The lowest BCUT2D eigenvalue weighted by Crippen LogP contribution is -1.85. The van der Waals surface area contributed by atoms with Gasteiger partial charge < -0.3 is 4.74 Å². The molecule has 0 saturated carbocycles. The van der Waals surface area contributed by atoms with Crippen LogP contribution >= 0.6 is 43.5 Å². The van der Waals surface area contributed by atoms with E-state index in [1.54, 1.807) is 13.2 Å². The molecule has 0 aliphatic carbocycles. The van der Waals surface area contributed by atoms with Gasteiger partial charge in [0.15, 0.2) is 5.75 Å². The minimum absolute atomic E-state index is 0.600. The number of benzene rings is 1. The van der Waals surface area contributed by atoms with Crippen molar-refractivity contribution in [3.63, 3.8) is 0 Å². The fourth-order valence-electron chi connectivity index (χ4n) is 0.696. The third kappa shape index (κ3) is 1.89. The average Bonchev–Trinajstić information content (AvgIpc) is 1.99. The van der Waals surface area contributed by atoms with Crippen molar-refractivity contribution in [3.05, 3.63) is 26.1 Å². The number of halogens is 3. The summed E-state index contributed by atoms with van der Waals surface area (Å²) in [5, 5.41) is 0.600. The lowest BCUT2D eigenvalue weighted by atomic mass is 10.3. The van der Waals surface area contributed by atoms with Crippen molar-refractivity contribution in [2.75, 3.05) is 7.11 Å². The van der Waals surface area contributed by atoms with E-state index >= 15 is 0 Å². The molecule has 1 rings (SSSR count). The Morgan fingerprint density at radius 1 is 1.36 bits per heavy atom. The van der Waals surface area contributed by atoms with Gasteiger partial charge in [0.25, 0.3) is 0 Å². The average molecular weight is 300 g/mol. The number of methoxy groups -OCH3 is 1. The Labute approximate surface area is 86.9 Å². The summed E-state index contributed by atoms with van der Waals surface area (Å²) in [5.74, 6) is 0.654. The van der Waals surface area contributed by atoms with Crippen molar-refractivity contribution in [1.29, 1.82) is 0 Å². The number of hydrogen-bond acceptors (Lipinski definition) is 1. The summed E-state index contributed by atoms with van der Waals surface area (Å²) in [5.41, 5.74) is 0. The zero-order valence-electron chi connectivity index (χ0n) is 5.70. The second-order valence-corrected chi connectivity index (χ2v) is 3.93. The van der Waals surface area contributed by atoms with E-state index < -0.39 is 0 Å². The molecule has 60 valence electrons.